The monoisotopic (exact) mass is 290 g/mol. The summed E-state index contributed by atoms with van der Waals surface area (Å²) in [5.41, 5.74) is 0.661. The average molecular weight is 290 g/mol. The van der Waals surface area contributed by atoms with Gasteiger partial charge in [0.2, 0.25) is 5.95 Å². The molecule has 0 aliphatic rings. The van der Waals surface area contributed by atoms with E-state index < -0.39 is 0 Å². The number of rotatable bonds is 6. The summed E-state index contributed by atoms with van der Waals surface area (Å²) in [6.45, 7) is 11.5. The molecule has 0 fully saturated rings. The van der Waals surface area contributed by atoms with Crippen LogP contribution in [0.5, 0.6) is 0 Å². The van der Waals surface area contributed by atoms with Gasteiger partial charge in [0, 0.05) is 26.2 Å². The number of benzene rings is 1. The minimum absolute atomic E-state index is 0.263. The van der Waals surface area contributed by atoms with E-state index in [2.05, 4.69) is 47.5 Å². The highest BCUT2D eigenvalue weighted by atomic mass is 19.1. The van der Waals surface area contributed by atoms with E-state index in [1.807, 2.05) is 6.07 Å². The van der Waals surface area contributed by atoms with E-state index in [-0.39, 0.29) is 5.82 Å². The summed E-state index contributed by atoms with van der Waals surface area (Å²) in [7, 11) is 0. The molecule has 0 N–H and O–H groups in total. The molecular weight excluding hydrogens is 267 g/mol. The predicted molar refractivity (Wildman–Crippen MR) is 86.6 cm³/mol. The zero-order valence-corrected chi connectivity index (χ0v) is 13.2. The molecule has 1 aromatic carbocycles. The fourth-order valence-corrected chi connectivity index (χ4v) is 2.51. The van der Waals surface area contributed by atoms with E-state index in [4.69, 9.17) is 0 Å². The molecule has 114 valence electrons. The van der Waals surface area contributed by atoms with Crippen molar-refractivity contribution in [2.75, 3.05) is 36.0 Å². The first kappa shape index (κ1) is 15.5. The molecule has 0 saturated carbocycles. The summed E-state index contributed by atoms with van der Waals surface area (Å²) in [5, 5.41) is 0.511. The maximum absolute atomic E-state index is 14.3. The molecule has 2 rings (SSSR count). The van der Waals surface area contributed by atoms with Crippen molar-refractivity contribution in [3.05, 3.63) is 24.0 Å². The fourth-order valence-electron chi connectivity index (χ4n) is 2.51. The van der Waals surface area contributed by atoms with Gasteiger partial charge in [-0.2, -0.15) is 4.98 Å². The molecule has 0 saturated heterocycles. The largest absolute Gasteiger partial charge is 0.356 e. The summed E-state index contributed by atoms with van der Waals surface area (Å²) in [6.07, 6.45) is 0. The van der Waals surface area contributed by atoms with Gasteiger partial charge in [0.25, 0.3) is 0 Å². The molecule has 0 atom stereocenters. The Kier molecular flexibility index (Phi) is 4.94. The lowest BCUT2D eigenvalue weighted by molar-refractivity contribution is 0.638. The van der Waals surface area contributed by atoms with Crippen molar-refractivity contribution >= 4 is 22.7 Å². The molecule has 5 heteroatoms. The third-order valence-electron chi connectivity index (χ3n) is 3.75. The highest BCUT2D eigenvalue weighted by Gasteiger charge is 2.17. The molecular formula is C16H23FN4. The highest BCUT2D eigenvalue weighted by Crippen LogP contribution is 2.28. The maximum Gasteiger partial charge on any atom is 0.227 e. The van der Waals surface area contributed by atoms with E-state index in [1.54, 1.807) is 6.07 Å². The quantitative estimate of drug-likeness (QED) is 0.815. The number of hydrogen-bond acceptors (Lipinski definition) is 4. The first-order valence-corrected chi connectivity index (χ1v) is 7.62. The number of fused-ring (bicyclic) bond motifs is 1. The summed E-state index contributed by atoms with van der Waals surface area (Å²) in [6, 6.07) is 5.01. The standard InChI is InChI=1S/C16H23FN4/c1-5-20(6-2)15-14-12(17)10-9-11-13(14)18-16(19-15)21(7-3)8-4/h9-11H,5-8H2,1-4H3. The number of aromatic nitrogens is 2. The lowest BCUT2D eigenvalue weighted by atomic mass is 10.2. The molecule has 0 bridgehead atoms. The van der Waals surface area contributed by atoms with E-state index in [9.17, 15) is 4.39 Å². The molecule has 2 aromatic rings. The summed E-state index contributed by atoms with van der Waals surface area (Å²) in [5.74, 6) is 1.09. The minimum atomic E-state index is -0.263. The van der Waals surface area contributed by atoms with Crippen molar-refractivity contribution in [1.29, 1.82) is 0 Å². The Bertz CT molecular complexity index is 606. The van der Waals surface area contributed by atoms with Crippen LogP contribution in [-0.4, -0.2) is 36.1 Å². The lowest BCUT2D eigenvalue weighted by Gasteiger charge is -2.25. The first-order chi connectivity index (χ1) is 10.2. The van der Waals surface area contributed by atoms with Gasteiger partial charge < -0.3 is 9.80 Å². The van der Waals surface area contributed by atoms with Gasteiger partial charge in [-0.1, -0.05) is 6.07 Å². The normalized spacial score (nSPS) is 10.9. The number of nitrogens with zero attached hydrogens (tertiary/aromatic N) is 4. The van der Waals surface area contributed by atoms with Crippen molar-refractivity contribution in [3.8, 4) is 0 Å². The molecule has 1 aromatic heterocycles. The average Bonchev–Trinajstić information content (AvgIpc) is 2.49. The maximum atomic E-state index is 14.3. The van der Waals surface area contributed by atoms with Crippen LogP contribution < -0.4 is 9.80 Å². The highest BCUT2D eigenvalue weighted by molar-refractivity contribution is 5.91. The Labute approximate surface area is 125 Å². The number of halogens is 1. The third-order valence-corrected chi connectivity index (χ3v) is 3.75. The molecule has 0 aliphatic carbocycles. The second kappa shape index (κ2) is 6.70. The molecule has 21 heavy (non-hydrogen) atoms. The van der Waals surface area contributed by atoms with Crippen LogP contribution in [0.25, 0.3) is 10.9 Å². The molecule has 0 amide bonds. The van der Waals surface area contributed by atoms with E-state index in [0.29, 0.717) is 22.7 Å². The smallest absolute Gasteiger partial charge is 0.227 e. The number of anilines is 2. The van der Waals surface area contributed by atoms with Gasteiger partial charge >= 0.3 is 0 Å². The Balaban J connectivity index is 2.71. The fraction of sp³-hybridized carbons (Fsp3) is 0.500. The van der Waals surface area contributed by atoms with Crippen LogP contribution in [0.2, 0.25) is 0 Å². The van der Waals surface area contributed by atoms with E-state index >= 15 is 0 Å². The van der Waals surface area contributed by atoms with Gasteiger partial charge in [0.15, 0.2) is 0 Å². The minimum Gasteiger partial charge on any atom is -0.356 e. The van der Waals surface area contributed by atoms with Crippen LogP contribution in [-0.2, 0) is 0 Å². The zero-order chi connectivity index (χ0) is 15.4. The Morgan fingerprint density at radius 3 is 2.10 bits per heavy atom. The second-order valence-electron chi connectivity index (χ2n) is 4.83. The van der Waals surface area contributed by atoms with E-state index in [1.165, 1.54) is 6.07 Å². The topological polar surface area (TPSA) is 32.3 Å². The van der Waals surface area contributed by atoms with Gasteiger partial charge in [-0.25, -0.2) is 9.37 Å². The van der Waals surface area contributed by atoms with Crippen molar-refractivity contribution in [2.24, 2.45) is 0 Å². The molecule has 0 unspecified atom stereocenters. The van der Waals surface area contributed by atoms with Gasteiger partial charge in [-0.05, 0) is 39.8 Å². The Morgan fingerprint density at radius 1 is 0.905 bits per heavy atom. The van der Waals surface area contributed by atoms with Crippen LogP contribution in [0, 0.1) is 5.82 Å². The van der Waals surface area contributed by atoms with E-state index in [0.717, 1.165) is 26.2 Å². The number of hydrogen-bond donors (Lipinski definition) is 0. The Morgan fingerprint density at radius 2 is 1.52 bits per heavy atom. The van der Waals surface area contributed by atoms with Gasteiger partial charge in [0.05, 0.1) is 10.9 Å². The van der Waals surface area contributed by atoms with Crippen LogP contribution in [0.3, 0.4) is 0 Å². The van der Waals surface area contributed by atoms with Crippen LogP contribution in [0.1, 0.15) is 27.7 Å². The van der Waals surface area contributed by atoms with Gasteiger partial charge in [-0.15, -0.1) is 0 Å². The van der Waals surface area contributed by atoms with Gasteiger partial charge in [-0.3, -0.25) is 0 Å². The molecule has 1 heterocycles. The molecule has 0 aliphatic heterocycles. The molecule has 4 nitrogen and oxygen atoms in total. The van der Waals surface area contributed by atoms with Crippen molar-refractivity contribution in [1.82, 2.24) is 9.97 Å². The van der Waals surface area contributed by atoms with Crippen molar-refractivity contribution < 1.29 is 4.39 Å². The first-order valence-electron chi connectivity index (χ1n) is 7.62. The SMILES string of the molecule is CCN(CC)c1nc(N(CC)CC)c2c(F)cccc2n1. The van der Waals surface area contributed by atoms with Crippen LogP contribution >= 0.6 is 0 Å². The zero-order valence-electron chi connectivity index (χ0n) is 13.2. The summed E-state index contributed by atoms with van der Waals surface area (Å²) < 4.78 is 14.3. The lowest BCUT2D eigenvalue weighted by Crippen LogP contribution is -2.28. The molecule has 0 spiro atoms. The summed E-state index contributed by atoms with van der Waals surface area (Å²) >= 11 is 0. The van der Waals surface area contributed by atoms with Gasteiger partial charge in [0.1, 0.15) is 11.6 Å². The third kappa shape index (κ3) is 2.91. The van der Waals surface area contributed by atoms with Crippen LogP contribution in [0.15, 0.2) is 18.2 Å². The van der Waals surface area contributed by atoms with Crippen molar-refractivity contribution in [3.63, 3.8) is 0 Å². The molecule has 0 radical (unpaired) electrons. The Hall–Kier alpha value is -1.91. The van der Waals surface area contributed by atoms with Crippen molar-refractivity contribution in [2.45, 2.75) is 27.7 Å². The predicted octanol–water partition coefficient (Wildman–Crippen LogP) is 3.46. The second-order valence-corrected chi connectivity index (χ2v) is 4.83. The van der Waals surface area contributed by atoms with Crippen LogP contribution in [0.4, 0.5) is 16.2 Å². The summed E-state index contributed by atoms with van der Waals surface area (Å²) in [4.78, 5) is 13.3.